The van der Waals surface area contributed by atoms with E-state index in [0.717, 1.165) is 10.0 Å². The van der Waals surface area contributed by atoms with Crippen molar-refractivity contribution in [3.05, 3.63) is 22.2 Å². The molecule has 1 aromatic carbocycles. The van der Waals surface area contributed by atoms with Gasteiger partial charge in [0.15, 0.2) is 11.5 Å². The van der Waals surface area contributed by atoms with Gasteiger partial charge >= 0.3 is 0 Å². The number of benzene rings is 1. The van der Waals surface area contributed by atoms with Gasteiger partial charge in [0, 0.05) is 24.4 Å². The van der Waals surface area contributed by atoms with E-state index in [9.17, 15) is 9.59 Å². The minimum atomic E-state index is -0.185. The van der Waals surface area contributed by atoms with Gasteiger partial charge in [-0.15, -0.1) is 0 Å². The highest BCUT2D eigenvalue weighted by Crippen LogP contribution is 2.37. The third-order valence-corrected chi connectivity index (χ3v) is 3.92. The molecule has 0 saturated carbocycles. The zero-order valence-corrected chi connectivity index (χ0v) is 14.2. The Hall–Kier alpha value is -1.76. The number of halogens is 1. The number of hydrogen-bond acceptors (Lipinski definition) is 4. The standard InChI is InChI=1S/C15H19BrN2O4/c1-9(18-15(20)3-4-17-10(2)19)11-7-13-14(8-12(11)16)22-6-5-21-13/h7-9H,3-6H2,1-2H3,(H,17,19)(H,18,20). The quantitative estimate of drug-likeness (QED) is 0.829. The van der Waals surface area contributed by atoms with Crippen molar-refractivity contribution in [1.82, 2.24) is 10.6 Å². The van der Waals surface area contributed by atoms with Gasteiger partial charge in [0.2, 0.25) is 11.8 Å². The Labute approximate surface area is 137 Å². The van der Waals surface area contributed by atoms with Crippen LogP contribution in [-0.2, 0) is 9.59 Å². The number of nitrogens with one attached hydrogen (secondary N) is 2. The molecule has 6 nitrogen and oxygen atoms in total. The van der Waals surface area contributed by atoms with Gasteiger partial charge < -0.3 is 20.1 Å². The Morgan fingerprint density at radius 1 is 1.27 bits per heavy atom. The van der Waals surface area contributed by atoms with Crippen LogP contribution < -0.4 is 20.1 Å². The summed E-state index contributed by atoms with van der Waals surface area (Å²) in [5.41, 5.74) is 0.914. The van der Waals surface area contributed by atoms with Crippen LogP contribution in [0.3, 0.4) is 0 Å². The summed E-state index contributed by atoms with van der Waals surface area (Å²) in [7, 11) is 0. The predicted molar refractivity (Wildman–Crippen MR) is 85.0 cm³/mol. The molecule has 0 saturated heterocycles. The van der Waals surface area contributed by atoms with Crippen molar-refractivity contribution in [1.29, 1.82) is 0 Å². The molecule has 0 fully saturated rings. The Morgan fingerprint density at radius 2 is 1.91 bits per heavy atom. The van der Waals surface area contributed by atoms with E-state index >= 15 is 0 Å². The second-order valence-electron chi connectivity index (χ2n) is 5.04. The first-order valence-electron chi connectivity index (χ1n) is 7.10. The average molecular weight is 371 g/mol. The third-order valence-electron chi connectivity index (χ3n) is 3.23. The minimum Gasteiger partial charge on any atom is -0.486 e. The number of carbonyl (C=O) groups is 2. The summed E-state index contributed by atoms with van der Waals surface area (Å²) in [6, 6.07) is 3.54. The lowest BCUT2D eigenvalue weighted by atomic mass is 10.1. The molecule has 1 atom stereocenters. The van der Waals surface area contributed by atoms with Gasteiger partial charge in [-0.1, -0.05) is 15.9 Å². The van der Waals surface area contributed by atoms with Crippen LogP contribution in [0.2, 0.25) is 0 Å². The molecule has 2 N–H and O–H groups in total. The first kappa shape index (κ1) is 16.6. The lowest BCUT2D eigenvalue weighted by Gasteiger charge is -2.22. The predicted octanol–water partition coefficient (Wildman–Crippen LogP) is 1.92. The first-order valence-corrected chi connectivity index (χ1v) is 7.89. The highest BCUT2D eigenvalue weighted by atomic mass is 79.9. The Kier molecular flexibility index (Phi) is 5.65. The molecule has 2 amide bonds. The zero-order valence-electron chi connectivity index (χ0n) is 12.6. The van der Waals surface area contributed by atoms with Crippen molar-refractivity contribution < 1.29 is 19.1 Å². The van der Waals surface area contributed by atoms with E-state index < -0.39 is 0 Å². The maximum absolute atomic E-state index is 11.9. The monoisotopic (exact) mass is 370 g/mol. The molecule has 1 aromatic rings. The average Bonchev–Trinajstić information content (AvgIpc) is 2.45. The van der Waals surface area contributed by atoms with Crippen molar-refractivity contribution in [3.8, 4) is 11.5 Å². The Morgan fingerprint density at radius 3 is 2.55 bits per heavy atom. The van der Waals surface area contributed by atoms with E-state index in [-0.39, 0.29) is 24.3 Å². The van der Waals surface area contributed by atoms with Gasteiger partial charge in [0.1, 0.15) is 13.2 Å². The topological polar surface area (TPSA) is 76.7 Å². The number of hydrogen-bond donors (Lipinski definition) is 2. The van der Waals surface area contributed by atoms with Crippen molar-refractivity contribution in [2.75, 3.05) is 19.8 Å². The van der Waals surface area contributed by atoms with Crippen LogP contribution in [0.5, 0.6) is 11.5 Å². The summed E-state index contributed by atoms with van der Waals surface area (Å²) in [5, 5.41) is 5.50. The molecule has 0 radical (unpaired) electrons. The minimum absolute atomic E-state index is 0.122. The van der Waals surface area contributed by atoms with E-state index in [1.807, 2.05) is 19.1 Å². The molecule has 0 spiro atoms. The van der Waals surface area contributed by atoms with Gasteiger partial charge in [-0.05, 0) is 24.6 Å². The van der Waals surface area contributed by atoms with Crippen molar-refractivity contribution in [2.45, 2.75) is 26.3 Å². The molecule has 1 aliphatic heterocycles. The van der Waals surface area contributed by atoms with E-state index in [1.165, 1.54) is 6.92 Å². The van der Waals surface area contributed by atoms with Crippen molar-refractivity contribution in [3.63, 3.8) is 0 Å². The summed E-state index contributed by atoms with van der Waals surface area (Å²) in [5.74, 6) is 1.12. The molecule has 0 bridgehead atoms. The van der Waals surface area contributed by atoms with E-state index in [2.05, 4.69) is 26.6 Å². The highest BCUT2D eigenvalue weighted by Gasteiger charge is 2.19. The normalized spacial score (nSPS) is 14.1. The second kappa shape index (κ2) is 7.49. The van der Waals surface area contributed by atoms with Gasteiger partial charge in [-0.25, -0.2) is 0 Å². The van der Waals surface area contributed by atoms with E-state index in [1.54, 1.807) is 0 Å². The number of rotatable bonds is 5. The fourth-order valence-corrected chi connectivity index (χ4v) is 2.82. The molecular weight excluding hydrogens is 352 g/mol. The lowest BCUT2D eigenvalue weighted by molar-refractivity contribution is -0.122. The van der Waals surface area contributed by atoms with E-state index in [0.29, 0.717) is 31.3 Å². The highest BCUT2D eigenvalue weighted by molar-refractivity contribution is 9.10. The second-order valence-corrected chi connectivity index (χ2v) is 5.89. The van der Waals surface area contributed by atoms with Crippen LogP contribution in [0, 0.1) is 0 Å². The van der Waals surface area contributed by atoms with Gasteiger partial charge in [0.25, 0.3) is 0 Å². The van der Waals surface area contributed by atoms with Gasteiger partial charge in [0.05, 0.1) is 6.04 Å². The van der Waals surface area contributed by atoms with Crippen LogP contribution in [-0.4, -0.2) is 31.6 Å². The maximum Gasteiger partial charge on any atom is 0.222 e. The van der Waals surface area contributed by atoms with Crippen molar-refractivity contribution in [2.24, 2.45) is 0 Å². The molecule has 1 aliphatic rings. The molecule has 7 heteroatoms. The fraction of sp³-hybridized carbons (Fsp3) is 0.467. The number of amides is 2. The number of ether oxygens (including phenoxy) is 2. The smallest absolute Gasteiger partial charge is 0.222 e. The molecule has 0 aromatic heterocycles. The van der Waals surface area contributed by atoms with Gasteiger partial charge in [-0.3, -0.25) is 9.59 Å². The summed E-state index contributed by atoms with van der Waals surface area (Å²) in [6.45, 7) is 4.70. The van der Waals surface area contributed by atoms with Crippen LogP contribution in [0.4, 0.5) is 0 Å². The number of carbonyl (C=O) groups excluding carboxylic acids is 2. The lowest BCUT2D eigenvalue weighted by Crippen LogP contribution is -2.31. The van der Waals surface area contributed by atoms with Gasteiger partial charge in [-0.2, -0.15) is 0 Å². The molecule has 2 rings (SSSR count). The summed E-state index contributed by atoms with van der Waals surface area (Å²) < 4.78 is 11.9. The summed E-state index contributed by atoms with van der Waals surface area (Å²) >= 11 is 3.49. The molecule has 120 valence electrons. The maximum atomic E-state index is 11.9. The Balaban J connectivity index is 1.98. The molecule has 0 aliphatic carbocycles. The molecule has 22 heavy (non-hydrogen) atoms. The fourth-order valence-electron chi connectivity index (χ4n) is 2.16. The van der Waals surface area contributed by atoms with Crippen LogP contribution >= 0.6 is 15.9 Å². The van der Waals surface area contributed by atoms with Crippen molar-refractivity contribution >= 4 is 27.7 Å². The van der Waals surface area contributed by atoms with Crippen LogP contribution in [0.1, 0.15) is 31.9 Å². The first-order chi connectivity index (χ1) is 10.5. The third kappa shape index (κ3) is 4.37. The van der Waals surface area contributed by atoms with E-state index in [4.69, 9.17) is 9.47 Å². The Bertz CT molecular complexity index is 577. The molecular formula is C15H19BrN2O4. The molecule has 1 heterocycles. The SMILES string of the molecule is CC(=O)NCCC(=O)NC(C)c1cc2c(cc1Br)OCCO2. The largest absolute Gasteiger partial charge is 0.486 e. The molecule has 1 unspecified atom stereocenters. The summed E-state index contributed by atoms with van der Waals surface area (Å²) in [6.07, 6.45) is 0.242. The summed E-state index contributed by atoms with van der Waals surface area (Å²) in [4.78, 5) is 22.6. The van der Waals surface area contributed by atoms with Crippen LogP contribution in [0.25, 0.3) is 0 Å². The number of fused-ring (bicyclic) bond motifs is 1. The van der Waals surface area contributed by atoms with Crippen LogP contribution in [0.15, 0.2) is 16.6 Å². The zero-order chi connectivity index (χ0) is 16.1.